The van der Waals surface area contributed by atoms with Gasteiger partial charge in [0.05, 0.1) is 11.5 Å². The summed E-state index contributed by atoms with van der Waals surface area (Å²) in [6.07, 6.45) is 4.99. The number of unbranched alkanes of at least 4 members (excludes halogenated alkanes) is 3. The van der Waals surface area contributed by atoms with Crippen LogP contribution in [0.25, 0.3) is 0 Å². The van der Waals surface area contributed by atoms with Crippen molar-refractivity contribution in [2.24, 2.45) is 0 Å². The van der Waals surface area contributed by atoms with Crippen LogP contribution >= 0.6 is 0 Å². The van der Waals surface area contributed by atoms with Crippen LogP contribution in [0.4, 0.5) is 4.79 Å². The molecule has 0 aliphatic carbocycles. The van der Waals surface area contributed by atoms with Gasteiger partial charge in [-0.25, -0.2) is 13.2 Å². The van der Waals surface area contributed by atoms with Gasteiger partial charge in [0.25, 0.3) is 0 Å². The van der Waals surface area contributed by atoms with Crippen molar-refractivity contribution in [3.63, 3.8) is 0 Å². The Morgan fingerprint density at radius 1 is 1.29 bits per heavy atom. The molecule has 0 bridgehead atoms. The Morgan fingerprint density at radius 2 is 2.06 bits per heavy atom. The minimum atomic E-state index is -2.92. The molecular formula is C11H22N2O3S. The number of nitrogens with one attached hydrogen (secondary N) is 2. The van der Waals surface area contributed by atoms with Gasteiger partial charge in [-0.3, -0.25) is 0 Å². The SMILES string of the molecule is CCCCCCNC(=O)NC1CCS(=O)(=O)C1. The predicted molar refractivity (Wildman–Crippen MR) is 67.7 cm³/mol. The summed E-state index contributed by atoms with van der Waals surface area (Å²) in [6.45, 7) is 2.80. The smallest absolute Gasteiger partial charge is 0.315 e. The Labute approximate surface area is 103 Å². The normalized spacial score (nSPS) is 22.3. The summed E-state index contributed by atoms with van der Waals surface area (Å²) < 4.78 is 22.4. The second-order valence-electron chi connectivity index (χ2n) is 4.56. The third-order valence-electron chi connectivity index (χ3n) is 2.88. The lowest BCUT2D eigenvalue weighted by molar-refractivity contribution is 0.238. The Hall–Kier alpha value is -0.780. The fraction of sp³-hybridized carbons (Fsp3) is 0.909. The zero-order valence-electron chi connectivity index (χ0n) is 10.4. The van der Waals surface area contributed by atoms with Crippen LogP contribution < -0.4 is 10.6 Å². The number of sulfone groups is 1. The number of carbonyl (C=O) groups is 1. The third kappa shape index (κ3) is 5.91. The van der Waals surface area contributed by atoms with Gasteiger partial charge in [-0.1, -0.05) is 26.2 Å². The van der Waals surface area contributed by atoms with E-state index in [1.165, 1.54) is 12.8 Å². The highest BCUT2D eigenvalue weighted by atomic mass is 32.2. The molecule has 6 heteroatoms. The minimum Gasteiger partial charge on any atom is -0.338 e. The highest BCUT2D eigenvalue weighted by Gasteiger charge is 2.28. The van der Waals surface area contributed by atoms with E-state index in [0.29, 0.717) is 13.0 Å². The van der Waals surface area contributed by atoms with Gasteiger partial charge in [-0.15, -0.1) is 0 Å². The second-order valence-corrected chi connectivity index (χ2v) is 6.79. The van der Waals surface area contributed by atoms with Crippen molar-refractivity contribution in [1.82, 2.24) is 10.6 Å². The van der Waals surface area contributed by atoms with Crippen molar-refractivity contribution in [2.45, 2.75) is 45.1 Å². The van der Waals surface area contributed by atoms with Crippen molar-refractivity contribution in [2.75, 3.05) is 18.1 Å². The zero-order chi connectivity index (χ0) is 12.7. The Kier molecular flexibility index (Phi) is 5.74. The number of hydrogen-bond acceptors (Lipinski definition) is 3. The van der Waals surface area contributed by atoms with Crippen molar-refractivity contribution < 1.29 is 13.2 Å². The molecule has 1 saturated heterocycles. The quantitative estimate of drug-likeness (QED) is 0.703. The van der Waals surface area contributed by atoms with Gasteiger partial charge in [0.15, 0.2) is 9.84 Å². The summed E-state index contributed by atoms with van der Waals surface area (Å²) in [4.78, 5) is 11.4. The van der Waals surface area contributed by atoms with E-state index in [1.54, 1.807) is 0 Å². The van der Waals surface area contributed by atoms with Crippen LogP contribution in [-0.4, -0.2) is 38.5 Å². The van der Waals surface area contributed by atoms with Crippen LogP contribution in [0.15, 0.2) is 0 Å². The topological polar surface area (TPSA) is 75.3 Å². The van der Waals surface area contributed by atoms with Gasteiger partial charge in [-0.2, -0.15) is 0 Å². The van der Waals surface area contributed by atoms with E-state index < -0.39 is 9.84 Å². The molecule has 1 atom stereocenters. The molecule has 0 saturated carbocycles. The van der Waals surface area contributed by atoms with Crippen molar-refractivity contribution in [3.05, 3.63) is 0 Å². The molecule has 100 valence electrons. The second kappa shape index (κ2) is 6.83. The molecule has 0 aromatic rings. The molecular weight excluding hydrogens is 240 g/mol. The molecule has 0 aromatic heterocycles. The minimum absolute atomic E-state index is 0.0796. The highest BCUT2D eigenvalue weighted by Crippen LogP contribution is 2.10. The van der Waals surface area contributed by atoms with E-state index in [2.05, 4.69) is 17.6 Å². The molecule has 1 aliphatic rings. The van der Waals surface area contributed by atoms with Crippen LogP contribution in [0.5, 0.6) is 0 Å². The molecule has 0 radical (unpaired) electrons. The van der Waals surface area contributed by atoms with Crippen LogP contribution in [0.2, 0.25) is 0 Å². The van der Waals surface area contributed by atoms with E-state index in [0.717, 1.165) is 12.8 Å². The number of hydrogen-bond donors (Lipinski definition) is 2. The fourth-order valence-electron chi connectivity index (χ4n) is 1.90. The molecule has 2 N–H and O–H groups in total. The fourth-order valence-corrected chi connectivity index (χ4v) is 3.57. The lowest BCUT2D eigenvalue weighted by atomic mass is 10.2. The van der Waals surface area contributed by atoms with Crippen LogP contribution in [0.1, 0.15) is 39.0 Å². The highest BCUT2D eigenvalue weighted by molar-refractivity contribution is 7.91. The Balaban J connectivity index is 2.09. The van der Waals surface area contributed by atoms with E-state index >= 15 is 0 Å². The first kappa shape index (κ1) is 14.3. The molecule has 1 unspecified atom stereocenters. The molecule has 1 aliphatic heterocycles. The maximum atomic E-state index is 11.4. The Morgan fingerprint density at radius 3 is 2.65 bits per heavy atom. The Bertz CT molecular complexity index is 341. The van der Waals surface area contributed by atoms with E-state index in [1.807, 2.05) is 0 Å². The molecule has 2 amide bonds. The van der Waals surface area contributed by atoms with Crippen molar-refractivity contribution in [3.8, 4) is 0 Å². The van der Waals surface area contributed by atoms with Crippen LogP contribution in [-0.2, 0) is 9.84 Å². The van der Waals surface area contributed by atoms with Gasteiger partial charge >= 0.3 is 6.03 Å². The maximum absolute atomic E-state index is 11.4. The molecule has 1 rings (SSSR count). The van der Waals surface area contributed by atoms with Crippen molar-refractivity contribution in [1.29, 1.82) is 0 Å². The zero-order valence-corrected chi connectivity index (χ0v) is 11.2. The standard InChI is InChI=1S/C11H22N2O3S/c1-2-3-4-5-7-12-11(14)13-10-6-8-17(15,16)9-10/h10H,2-9H2,1H3,(H2,12,13,14). The summed E-state index contributed by atoms with van der Waals surface area (Å²) >= 11 is 0. The largest absolute Gasteiger partial charge is 0.338 e. The molecule has 0 aromatic carbocycles. The van der Waals surface area contributed by atoms with Crippen LogP contribution in [0, 0.1) is 0 Å². The summed E-state index contributed by atoms with van der Waals surface area (Å²) in [6, 6.07) is -0.459. The maximum Gasteiger partial charge on any atom is 0.315 e. The van der Waals surface area contributed by atoms with E-state index in [9.17, 15) is 13.2 Å². The lowest BCUT2D eigenvalue weighted by Gasteiger charge is -2.11. The van der Waals surface area contributed by atoms with Crippen molar-refractivity contribution >= 4 is 15.9 Å². The number of carbonyl (C=O) groups excluding carboxylic acids is 1. The van der Waals surface area contributed by atoms with Gasteiger partial charge in [0.1, 0.15) is 0 Å². The average molecular weight is 262 g/mol. The molecule has 1 heterocycles. The molecule has 5 nitrogen and oxygen atoms in total. The van der Waals surface area contributed by atoms with Crippen LogP contribution in [0.3, 0.4) is 0 Å². The van der Waals surface area contributed by atoms with E-state index in [4.69, 9.17) is 0 Å². The number of rotatable bonds is 6. The first-order chi connectivity index (χ1) is 8.03. The van der Waals surface area contributed by atoms with Gasteiger partial charge in [0, 0.05) is 12.6 Å². The third-order valence-corrected chi connectivity index (χ3v) is 4.65. The summed E-state index contributed by atoms with van der Waals surface area (Å²) in [5, 5.41) is 5.45. The van der Waals surface area contributed by atoms with Gasteiger partial charge in [-0.05, 0) is 12.8 Å². The average Bonchev–Trinajstić information content (AvgIpc) is 2.57. The summed E-state index contributed by atoms with van der Waals surface area (Å²) in [7, 11) is -2.92. The number of urea groups is 1. The summed E-state index contributed by atoms with van der Waals surface area (Å²) in [5.74, 6) is 0.269. The van der Waals surface area contributed by atoms with Gasteiger partial charge < -0.3 is 10.6 Å². The lowest BCUT2D eigenvalue weighted by Crippen LogP contribution is -2.42. The van der Waals surface area contributed by atoms with Gasteiger partial charge in [0.2, 0.25) is 0 Å². The number of amides is 2. The molecule has 1 fully saturated rings. The van der Waals surface area contributed by atoms with E-state index in [-0.39, 0.29) is 23.6 Å². The monoisotopic (exact) mass is 262 g/mol. The molecule has 0 spiro atoms. The first-order valence-electron chi connectivity index (χ1n) is 6.28. The summed E-state index contributed by atoms with van der Waals surface area (Å²) in [5.41, 5.74) is 0. The molecule has 17 heavy (non-hydrogen) atoms. The first-order valence-corrected chi connectivity index (χ1v) is 8.10. The predicted octanol–water partition coefficient (Wildman–Crippen LogP) is 1.05.